The van der Waals surface area contributed by atoms with E-state index in [-0.39, 0.29) is 11.8 Å². The molecular weight excluding hydrogens is 470 g/mol. The number of thiazole rings is 1. The average Bonchev–Trinajstić information content (AvgIpc) is 3.43. The van der Waals surface area contributed by atoms with E-state index in [4.69, 9.17) is 0 Å². The first-order chi connectivity index (χ1) is 17.6. The molecule has 3 aliphatic heterocycles. The second-order valence-corrected chi connectivity index (χ2v) is 10.9. The Hall–Kier alpha value is -3.07. The van der Waals surface area contributed by atoms with Gasteiger partial charge in [-0.25, -0.2) is 4.98 Å². The fourth-order valence-electron chi connectivity index (χ4n) is 5.51. The number of carbonyl (C=O) groups is 2. The zero-order valence-corrected chi connectivity index (χ0v) is 21.2. The van der Waals surface area contributed by atoms with E-state index in [1.165, 1.54) is 28.0 Å². The summed E-state index contributed by atoms with van der Waals surface area (Å²) in [4.78, 5) is 38.6. The standard InChI is InChI=1S/C28H31N5O2S/c34-27(23-6-7-24-18-30(10-8-22(24)16-23)17-21-4-2-1-3-5-21)33-19-25(20-33)31-11-13-32(14-12-31)28(35)26-29-9-15-36-26/h1-7,9,15-16,25H,8,10-14,17-20H2. The van der Waals surface area contributed by atoms with Gasteiger partial charge in [0.1, 0.15) is 0 Å². The maximum Gasteiger partial charge on any atom is 0.282 e. The summed E-state index contributed by atoms with van der Waals surface area (Å²) in [5.74, 6) is 0.170. The Morgan fingerprint density at radius 2 is 1.69 bits per heavy atom. The SMILES string of the molecule is O=C(c1ccc2c(c1)CCN(Cc1ccccc1)C2)N1CC(N2CCN(C(=O)c3nccs3)CC2)C1. The highest BCUT2D eigenvalue weighted by Crippen LogP contribution is 2.25. The first-order valence-corrected chi connectivity index (χ1v) is 13.6. The average molecular weight is 502 g/mol. The number of amides is 2. The first-order valence-electron chi connectivity index (χ1n) is 12.7. The molecule has 0 bridgehead atoms. The van der Waals surface area contributed by atoms with Crippen molar-refractivity contribution in [1.82, 2.24) is 24.6 Å². The topological polar surface area (TPSA) is 60.0 Å². The van der Waals surface area contributed by atoms with E-state index in [0.717, 1.165) is 70.9 Å². The summed E-state index contributed by atoms with van der Waals surface area (Å²) in [6.07, 6.45) is 2.66. The first kappa shape index (κ1) is 23.3. The van der Waals surface area contributed by atoms with Crippen LogP contribution in [0.1, 0.15) is 36.9 Å². The molecule has 7 nitrogen and oxygen atoms in total. The molecule has 2 saturated heterocycles. The van der Waals surface area contributed by atoms with Gasteiger partial charge in [0, 0.05) is 82.1 Å². The van der Waals surface area contributed by atoms with Crippen LogP contribution >= 0.6 is 11.3 Å². The lowest BCUT2D eigenvalue weighted by molar-refractivity contribution is 0.00852. The van der Waals surface area contributed by atoms with Crippen molar-refractivity contribution >= 4 is 23.2 Å². The van der Waals surface area contributed by atoms with Crippen LogP contribution in [0.15, 0.2) is 60.1 Å². The van der Waals surface area contributed by atoms with Crippen molar-refractivity contribution < 1.29 is 9.59 Å². The Kier molecular flexibility index (Phi) is 6.56. The molecule has 0 saturated carbocycles. The Labute approximate surface area is 215 Å². The van der Waals surface area contributed by atoms with Gasteiger partial charge < -0.3 is 9.80 Å². The van der Waals surface area contributed by atoms with Crippen LogP contribution in [0.3, 0.4) is 0 Å². The molecule has 3 aromatic rings. The third-order valence-electron chi connectivity index (χ3n) is 7.68. The molecule has 1 aromatic heterocycles. The predicted octanol–water partition coefficient (Wildman–Crippen LogP) is 2.98. The van der Waals surface area contributed by atoms with E-state index >= 15 is 0 Å². The molecule has 0 aliphatic carbocycles. The normalized spacial score (nSPS) is 19.1. The van der Waals surface area contributed by atoms with Gasteiger partial charge in [0.05, 0.1) is 0 Å². The highest BCUT2D eigenvalue weighted by molar-refractivity contribution is 7.11. The van der Waals surface area contributed by atoms with E-state index < -0.39 is 0 Å². The summed E-state index contributed by atoms with van der Waals surface area (Å²) in [6, 6.07) is 17.3. The quantitative estimate of drug-likeness (QED) is 0.538. The molecular formula is C28H31N5O2S. The summed E-state index contributed by atoms with van der Waals surface area (Å²) in [5.41, 5.74) is 4.79. The van der Waals surface area contributed by atoms with Crippen molar-refractivity contribution in [2.24, 2.45) is 0 Å². The highest BCUT2D eigenvalue weighted by atomic mass is 32.1. The maximum atomic E-state index is 13.2. The lowest BCUT2D eigenvalue weighted by atomic mass is 9.95. The van der Waals surface area contributed by atoms with Crippen LogP contribution in [0.4, 0.5) is 0 Å². The Morgan fingerprint density at radius 1 is 0.889 bits per heavy atom. The lowest BCUT2D eigenvalue weighted by Crippen LogP contribution is -2.64. The van der Waals surface area contributed by atoms with E-state index in [1.807, 2.05) is 21.2 Å². The summed E-state index contributed by atoms with van der Waals surface area (Å²) in [6.45, 7) is 7.57. The van der Waals surface area contributed by atoms with Crippen molar-refractivity contribution in [2.75, 3.05) is 45.8 Å². The number of hydrogen-bond acceptors (Lipinski definition) is 6. The van der Waals surface area contributed by atoms with Gasteiger partial charge >= 0.3 is 0 Å². The molecule has 3 aliphatic rings. The van der Waals surface area contributed by atoms with Crippen molar-refractivity contribution in [3.63, 3.8) is 0 Å². The number of fused-ring (bicyclic) bond motifs is 1. The van der Waals surface area contributed by atoms with Gasteiger partial charge in [0.15, 0.2) is 5.01 Å². The van der Waals surface area contributed by atoms with Gasteiger partial charge in [-0.05, 0) is 35.2 Å². The van der Waals surface area contributed by atoms with Crippen LogP contribution in [0, 0.1) is 0 Å². The summed E-state index contributed by atoms with van der Waals surface area (Å²) < 4.78 is 0. The number of aromatic nitrogens is 1. The smallest absolute Gasteiger partial charge is 0.282 e. The predicted molar refractivity (Wildman–Crippen MR) is 140 cm³/mol. The largest absolute Gasteiger partial charge is 0.335 e. The molecule has 0 radical (unpaired) electrons. The van der Waals surface area contributed by atoms with Crippen molar-refractivity contribution in [1.29, 1.82) is 0 Å². The summed E-state index contributed by atoms with van der Waals surface area (Å²) in [5, 5.41) is 2.41. The van der Waals surface area contributed by atoms with E-state index in [1.54, 1.807) is 6.20 Å². The van der Waals surface area contributed by atoms with E-state index in [9.17, 15) is 9.59 Å². The van der Waals surface area contributed by atoms with Crippen LogP contribution in [0.25, 0.3) is 0 Å². The van der Waals surface area contributed by atoms with E-state index in [2.05, 4.69) is 57.2 Å². The molecule has 2 amide bonds. The molecule has 0 spiro atoms. The fraction of sp³-hybridized carbons (Fsp3) is 0.393. The molecule has 6 rings (SSSR count). The molecule has 36 heavy (non-hydrogen) atoms. The monoisotopic (exact) mass is 501 g/mol. The summed E-state index contributed by atoms with van der Waals surface area (Å²) in [7, 11) is 0. The van der Waals surface area contributed by atoms with Gasteiger partial charge in [0.2, 0.25) is 0 Å². The summed E-state index contributed by atoms with van der Waals surface area (Å²) >= 11 is 1.40. The highest BCUT2D eigenvalue weighted by Gasteiger charge is 2.37. The Balaban J connectivity index is 0.994. The molecule has 0 unspecified atom stereocenters. The molecule has 2 aromatic carbocycles. The van der Waals surface area contributed by atoms with Gasteiger partial charge in [-0.15, -0.1) is 11.3 Å². The Morgan fingerprint density at radius 3 is 2.44 bits per heavy atom. The van der Waals surface area contributed by atoms with Crippen LogP contribution in [-0.2, 0) is 19.5 Å². The van der Waals surface area contributed by atoms with Crippen molar-refractivity contribution in [3.05, 3.63) is 87.4 Å². The number of piperazine rings is 1. The molecule has 8 heteroatoms. The van der Waals surface area contributed by atoms with Crippen LogP contribution in [0.5, 0.6) is 0 Å². The third kappa shape index (κ3) is 4.81. The molecule has 4 heterocycles. The Bertz CT molecular complexity index is 1220. The minimum absolute atomic E-state index is 0.0330. The van der Waals surface area contributed by atoms with Gasteiger partial charge in [-0.3, -0.25) is 19.4 Å². The number of likely N-dealkylation sites (tertiary alicyclic amines) is 1. The number of hydrogen-bond donors (Lipinski definition) is 0. The molecule has 2 fully saturated rings. The lowest BCUT2D eigenvalue weighted by Gasteiger charge is -2.48. The van der Waals surface area contributed by atoms with Crippen molar-refractivity contribution in [3.8, 4) is 0 Å². The fourth-order valence-corrected chi connectivity index (χ4v) is 6.11. The molecule has 186 valence electrons. The van der Waals surface area contributed by atoms with Crippen LogP contribution in [-0.4, -0.2) is 88.3 Å². The minimum atomic E-state index is 0.0330. The van der Waals surface area contributed by atoms with Gasteiger partial charge in [-0.1, -0.05) is 36.4 Å². The second-order valence-electron chi connectivity index (χ2n) is 9.96. The maximum absolute atomic E-state index is 13.2. The third-order valence-corrected chi connectivity index (χ3v) is 8.44. The number of nitrogens with zero attached hydrogens (tertiary/aromatic N) is 5. The number of rotatable bonds is 5. The van der Waals surface area contributed by atoms with Gasteiger partial charge in [0.25, 0.3) is 11.8 Å². The van der Waals surface area contributed by atoms with Crippen LogP contribution < -0.4 is 0 Å². The zero-order chi connectivity index (χ0) is 24.5. The zero-order valence-electron chi connectivity index (χ0n) is 20.4. The molecule has 0 N–H and O–H groups in total. The molecule has 0 atom stereocenters. The second kappa shape index (κ2) is 10.1. The van der Waals surface area contributed by atoms with Crippen molar-refractivity contribution in [2.45, 2.75) is 25.6 Å². The van der Waals surface area contributed by atoms with Crippen LogP contribution in [0.2, 0.25) is 0 Å². The number of benzene rings is 2. The number of carbonyl (C=O) groups excluding carboxylic acids is 2. The minimum Gasteiger partial charge on any atom is -0.335 e. The van der Waals surface area contributed by atoms with Gasteiger partial charge in [-0.2, -0.15) is 0 Å². The van der Waals surface area contributed by atoms with E-state index in [0.29, 0.717) is 11.0 Å².